The second kappa shape index (κ2) is 7.45. The fraction of sp³-hybridized carbons (Fsp3) is 0.190. The SMILES string of the molecule is COc1ccccc1CCNc1cc(-c2ccc3c(cnn3C)c2)ncn1. The summed E-state index contributed by atoms with van der Waals surface area (Å²) in [7, 11) is 3.64. The fourth-order valence-corrected chi connectivity index (χ4v) is 3.17. The summed E-state index contributed by atoms with van der Waals surface area (Å²) in [6.45, 7) is 0.762. The first-order valence-electron chi connectivity index (χ1n) is 8.84. The van der Waals surface area contributed by atoms with E-state index in [0.717, 1.165) is 46.7 Å². The van der Waals surface area contributed by atoms with Gasteiger partial charge in [0.25, 0.3) is 0 Å². The van der Waals surface area contributed by atoms with Gasteiger partial charge in [-0.05, 0) is 30.2 Å². The smallest absolute Gasteiger partial charge is 0.129 e. The summed E-state index contributed by atoms with van der Waals surface area (Å²) in [5.41, 5.74) is 4.20. The Morgan fingerprint density at radius 2 is 1.96 bits per heavy atom. The maximum absolute atomic E-state index is 5.40. The van der Waals surface area contributed by atoms with Crippen molar-refractivity contribution in [3.05, 3.63) is 66.6 Å². The summed E-state index contributed by atoms with van der Waals surface area (Å²) in [6, 6.07) is 16.3. The maximum atomic E-state index is 5.40. The highest BCUT2D eigenvalue weighted by molar-refractivity contribution is 5.84. The van der Waals surface area contributed by atoms with E-state index < -0.39 is 0 Å². The van der Waals surface area contributed by atoms with Gasteiger partial charge in [0.05, 0.1) is 24.5 Å². The van der Waals surface area contributed by atoms with Crippen molar-refractivity contribution < 1.29 is 4.74 Å². The lowest BCUT2D eigenvalue weighted by Gasteiger charge is -2.10. The van der Waals surface area contributed by atoms with Crippen LogP contribution in [0.3, 0.4) is 0 Å². The second-order valence-corrected chi connectivity index (χ2v) is 6.32. The van der Waals surface area contributed by atoms with Gasteiger partial charge >= 0.3 is 0 Å². The number of para-hydroxylation sites is 1. The van der Waals surface area contributed by atoms with Crippen LogP contribution in [-0.2, 0) is 13.5 Å². The normalized spacial score (nSPS) is 10.9. The van der Waals surface area contributed by atoms with Crippen LogP contribution < -0.4 is 10.1 Å². The highest BCUT2D eigenvalue weighted by Gasteiger charge is 2.06. The third-order valence-corrected chi connectivity index (χ3v) is 4.60. The Morgan fingerprint density at radius 1 is 1.07 bits per heavy atom. The molecule has 0 fully saturated rings. The molecular formula is C21H21N5O. The third kappa shape index (κ3) is 3.60. The number of benzene rings is 2. The number of nitrogens with one attached hydrogen (secondary N) is 1. The Morgan fingerprint density at radius 3 is 2.85 bits per heavy atom. The quantitative estimate of drug-likeness (QED) is 0.569. The van der Waals surface area contributed by atoms with Gasteiger partial charge in [-0.3, -0.25) is 4.68 Å². The largest absolute Gasteiger partial charge is 0.496 e. The molecule has 0 atom stereocenters. The van der Waals surface area contributed by atoms with Crippen LogP contribution in [0.5, 0.6) is 5.75 Å². The van der Waals surface area contributed by atoms with E-state index in [1.54, 1.807) is 13.4 Å². The first-order chi connectivity index (χ1) is 13.2. The summed E-state index contributed by atoms with van der Waals surface area (Å²) in [5.74, 6) is 1.72. The molecule has 2 aromatic heterocycles. The number of fused-ring (bicyclic) bond motifs is 1. The fourth-order valence-electron chi connectivity index (χ4n) is 3.17. The minimum absolute atomic E-state index is 0.762. The Balaban J connectivity index is 1.48. The van der Waals surface area contributed by atoms with Crippen LogP contribution in [0.2, 0.25) is 0 Å². The minimum Gasteiger partial charge on any atom is -0.496 e. The summed E-state index contributed by atoms with van der Waals surface area (Å²) in [5, 5.41) is 8.76. The average Bonchev–Trinajstić information content (AvgIpc) is 3.09. The third-order valence-electron chi connectivity index (χ3n) is 4.60. The second-order valence-electron chi connectivity index (χ2n) is 6.32. The molecule has 0 spiro atoms. The van der Waals surface area contributed by atoms with E-state index in [-0.39, 0.29) is 0 Å². The van der Waals surface area contributed by atoms with Gasteiger partial charge in [-0.2, -0.15) is 5.10 Å². The highest BCUT2D eigenvalue weighted by Crippen LogP contribution is 2.24. The molecule has 0 saturated heterocycles. The topological polar surface area (TPSA) is 64.9 Å². The lowest BCUT2D eigenvalue weighted by atomic mass is 10.1. The predicted octanol–water partition coefficient (Wildman–Crippen LogP) is 3.69. The number of hydrogen-bond donors (Lipinski definition) is 1. The zero-order valence-corrected chi connectivity index (χ0v) is 15.4. The minimum atomic E-state index is 0.762. The molecule has 1 N–H and O–H groups in total. The number of anilines is 1. The Bertz CT molecular complexity index is 1070. The van der Waals surface area contributed by atoms with E-state index in [9.17, 15) is 0 Å². The standard InChI is InChI=1S/C21H21N5O/c1-26-19-8-7-16(11-17(19)13-25-26)18-12-21(24-14-23-18)22-10-9-15-5-3-4-6-20(15)27-2/h3-8,11-14H,9-10H2,1-2H3,(H,22,23,24). The summed E-state index contributed by atoms with van der Waals surface area (Å²) in [4.78, 5) is 8.75. The molecule has 4 aromatic rings. The number of ether oxygens (including phenoxy) is 1. The van der Waals surface area contributed by atoms with E-state index in [1.165, 1.54) is 5.56 Å². The van der Waals surface area contributed by atoms with Crippen LogP contribution in [0.4, 0.5) is 5.82 Å². The van der Waals surface area contributed by atoms with Gasteiger partial charge in [0, 0.05) is 30.6 Å². The van der Waals surface area contributed by atoms with Crippen LogP contribution in [0.25, 0.3) is 22.2 Å². The van der Waals surface area contributed by atoms with Gasteiger partial charge in [-0.25, -0.2) is 9.97 Å². The van der Waals surface area contributed by atoms with Crippen molar-refractivity contribution in [2.45, 2.75) is 6.42 Å². The number of nitrogens with zero attached hydrogens (tertiary/aromatic N) is 4. The number of aryl methyl sites for hydroxylation is 1. The van der Waals surface area contributed by atoms with E-state index >= 15 is 0 Å². The molecule has 0 aliphatic rings. The first kappa shape index (κ1) is 17.0. The van der Waals surface area contributed by atoms with Crippen LogP contribution in [0.1, 0.15) is 5.56 Å². The van der Waals surface area contributed by atoms with Crippen molar-refractivity contribution in [2.24, 2.45) is 7.05 Å². The molecule has 6 nitrogen and oxygen atoms in total. The van der Waals surface area contributed by atoms with Gasteiger partial charge in [-0.1, -0.05) is 24.3 Å². The molecule has 6 heteroatoms. The van der Waals surface area contributed by atoms with E-state index in [4.69, 9.17) is 4.74 Å². The lowest BCUT2D eigenvalue weighted by Crippen LogP contribution is -2.07. The predicted molar refractivity (Wildman–Crippen MR) is 107 cm³/mol. The molecule has 0 aliphatic carbocycles. The number of rotatable bonds is 6. The molecule has 0 aliphatic heterocycles. The molecule has 4 rings (SSSR count). The maximum Gasteiger partial charge on any atom is 0.129 e. The molecule has 2 aromatic carbocycles. The van der Waals surface area contributed by atoms with Crippen molar-refractivity contribution in [3.63, 3.8) is 0 Å². The number of methoxy groups -OCH3 is 1. The molecule has 136 valence electrons. The van der Waals surface area contributed by atoms with Gasteiger partial charge in [0.1, 0.15) is 17.9 Å². The van der Waals surface area contributed by atoms with Crippen LogP contribution >= 0.6 is 0 Å². The van der Waals surface area contributed by atoms with Crippen molar-refractivity contribution in [1.29, 1.82) is 0 Å². The van der Waals surface area contributed by atoms with Crippen LogP contribution in [0.15, 0.2) is 61.1 Å². The van der Waals surface area contributed by atoms with E-state index in [0.29, 0.717) is 0 Å². The van der Waals surface area contributed by atoms with Crippen LogP contribution in [-0.4, -0.2) is 33.4 Å². The molecule has 0 saturated carbocycles. The monoisotopic (exact) mass is 359 g/mol. The van der Waals surface area contributed by atoms with Gasteiger partial charge in [0.15, 0.2) is 0 Å². The Hall–Kier alpha value is -3.41. The highest BCUT2D eigenvalue weighted by atomic mass is 16.5. The molecule has 0 bridgehead atoms. The van der Waals surface area contributed by atoms with E-state index in [1.807, 2.05) is 42.2 Å². The molecule has 0 radical (unpaired) electrons. The molecule has 0 unspecified atom stereocenters. The lowest BCUT2D eigenvalue weighted by molar-refractivity contribution is 0.410. The summed E-state index contributed by atoms with van der Waals surface area (Å²) < 4.78 is 7.27. The van der Waals surface area contributed by atoms with Gasteiger partial charge in [-0.15, -0.1) is 0 Å². The van der Waals surface area contributed by atoms with Crippen molar-refractivity contribution in [2.75, 3.05) is 19.0 Å². The number of hydrogen-bond acceptors (Lipinski definition) is 5. The zero-order valence-electron chi connectivity index (χ0n) is 15.4. The Labute approximate surface area is 157 Å². The summed E-state index contributed by atoms with van der Waals surface area (Å²) in [6.07, 6.45) is 4.31. The molecular weight excluding hydrogens is 338 g/mol. The average molecular weight is 359 g/mol. The molecule has 2 heterocycles. The van der Waals surface area contributed by atoms with Gasteiger partial charge in [0.2, 0.25) is 0 Å². The first-order valence-corrected chi connectivity index (χ1v) is 8.84. The zero-order chi connectivity index (χ0) is 18.6. The van der Waals surface area contributed by atoms with Crippen molar-refractivity contribution in [1.82, 2.24) is 19.7 Å². The molecule has 27 heavy (non-hydrogen) atoms. The molecule has 0 amide bonds. The number of aromatic nitrogens is 4. The van der Waals surface area contributed by atoms with Crippen LogP contribution in [0, 0.1) is 0 Å². The van der Waals surface area contributed by atoms with Crippen molar-refractivity contribution in [3.8, 4) is 17.0 Å². The van der Waals surface area contributed by atoms with Gasteiger partial charge < -0.3 is 10.1 Å². The van der Waals surface area contributed by atoms with Crippen molar-refractivity contribution >= 4 is 16.7 Å². The van der Waals surface area contributed by atoms with E-state index in [2.05, 4.69) is 44.6 Å². The summed E-state index contributed by atoms with van der Waals surface area (Å²) >= 11 is 0. The Kier molecular flexibility index (Phi) is 4.70.